The van der Waals surface area contributed by atoms with E-state index in [9.17, 15) is 4.39 Å². The van der Waals surface area contributed by atoms with Gasteiger partial charge in [-0.15, -0.1) is 0 Å². The Morgan fingerprint density at radius 2 is 2.00 bits per heavy atom. The van der Waals surface area contributed by atoms with Crippen LogP contribution in [-0.2, 0) is 6.54 Å². The van der Waals surface area contributed by atoms with E-state index in [0.29, 0.717) is 12.6 Å². The standard InChI is InChI=1S/C16H22FN3/c1-4-15(5-2)20-9-8-14(19-20)11-18-16-10-13(17)7-6-12(16)3/h6-10,15,18H,4-5,11H2,1-3H3. The summed E-state index contributed by atoms with van der Waals surface area (Å²) in [5.41, 5.74) is 2.83. The highest BCUT2D eigenvalue weighted by Gasteiger charge is 2.08. The van der Waals surface area contributed by atoms with E-state index in [4.69, 9.17) is 0 Å². The Labute approximate surface area is 119 Å². The molecule has 1 N–H and O–H groups in total. The summed E-state index contributed by atoms with van der Waals surface area (Å²) in [4.78, 5) is 0. The smallest absolute Gasteiger partial charge is 0.125 e. The van der Waals surface area contributed by atoms with Crippen molar-refractivity contribution in [1.29, 1.82) is 0 Å². The van der Waals surface area contributed by atoms with Gasteiger partial charge in [0.15, 0.2) is 0 Å². The van der Waals surface area contributed by atoms with Crippen molar-refractivity contribution < 1.29 is 4.39 Å². The predicted molar refractivity (Wildman–Crippen MR) is 80.3 cm³/mol. The van der Waals surface area contributed by atoms with Crippen molar-refractivity contribution in [1.82, 2.24) is 9.78 Å². The van der Waals surface area contributed by atoms with Crippen molar-refractivity contribution in [2.24, 2.45) is 0 Å². The van der Waals surface area contributed by atoms with Gasteiger partial charge in [0, 0.05) is 11.9 Å². The van der Waals surface area contributed by atoms with E-state index >= 15 is 0 Å². The molecule has 2 rings (SSSR count). The molecule has 0 spiro atoms. The summed E-state index contributed by atoms with van der Waals surface area (Å²) >= 11 is 0. The first kappa shape index (κ1) is 14.6. The van der Waals surface area contributed by atoms with Gasteiger partial charge in [0.2, 0.25) is 0 Å². The second-order valence-electron chi connectivity index (χ2n) is 5.07. The quantitative estimate of drug-likeness (QED) is 0.851. The van der Waals surface area contributed by atoms with Gasteiger partial charge in [-0.3, -0.25) is 4.68 Å². The van der Waals surface area contributed by atoms with Crippen LogP contribution in [0.25, 0.3) is 0 Å². The zero-order valence-electron chi connectivity index (χ0n) is 12.4. The summed E-state index contributed by atoms with van der Waals surface area (Å²) in [7, 11) is 0. The number of hydrogen-bond acceptors (Lipinski definition) is 2. The molecule has 0 atom stereocenters. The Bertz CT molecular complexity index is 559. The molecule has 0 amide bonds. The van der Waals surface area contributed by atoms with Gasteiger partial charge in [-0.25, -0.2) is 4.39 Å². The molecule has 2 aromatic rings. The first-order valence-electron chi connectivity index (χ1n) is 7.18. The molecule has 0 unspecified atom stereocenters. The first-order chi connectivity index (χ1) is 9.63. The van der Waals surface area contributed by atoms with Crippen LogP contribution in [0.1, 0.15) is 44.0 Å². The highest BCUT2D eigenvalue weighted by molar-refractivity contribution is 5.50. The number of aromatic nitrogens is 2. The van der Waals surface area contributed by atoms with E-state index < -0.39 is 0 Å². The Morgan fingerprint density at radius 3 is 2.70 bits per heavy atom. The molecule has 0 aliphatic rings. The Balaban J connectivity index is 2.02. The molecule has 4 heteroatoms. The summed E-state index contributed by atoms with van der Waals surface area (Å²) in [5.74, 6) is -0.222. The monoisotopic (exact) mass is 275 g/mol. The van der Waals surface area contributed by atoms with Gasteiger partial charge >= 0.3 is 0 Å². The maximum Gasteiger partial charge on any atom is 0.125 e. The second kappa shape index (κ2) is 6.55. The summed E-state index contributed by atoms with van der Waals surface area (Å²) in [6.45, 7) is 6.91. The van der Waals surface area contributed by atoms with Crippen LogP contribution in [0.3, 0.4) is 0 Å². The van der Waals surface area contributed by atoms with Gasteiger partial charge in [0.05, 0.1) is 18.3 Å². The van der Waals surface area contributed by atoms with E-state index in [1.54, 1.807) is 6.07 Å². The number of rotatable bonds is 6. The largest absolute Gasteiger partial charge is 0.379 e. The lowest BCUT2D eigenvalue weighted by Gasteiger charge is -2.12. The fourth-order valence-corrected chi connectivity index (χ4v) is 2.31. The number of nitrogens with one attached hydrogen (secondary N) is 1. The van der Waals surface area contributed by atoms with Crippen LogP contribution in [-0.4, -0.2) is 9.78 Å². The van der Waals surface area contributed by atoms with Crippen molar-refractivity contribution in [3.8, 4) is 0 Å². The normalized spacial score (nSPS) is 11.1. The van der Waals surface area contributed by atoms with Crippen molar-refractivity contribution >= 4 is 5.69 Å². The Kier molecular flexibility index (Phi) is 4.77. The molecule has 1 aromatic carbocycles. The van der Waals surface area contributed by atoms with Crippen molar-refractivity contribution in [3.05, 3.63) is 47.5 Å². The highest BCUT2D eigenvalue weighted by Crippen LogP contribution is 2.18. The third kappa shape index (κ3) is 3.38. The molecule has 0 aliphatic heterocycles. The van der Waals surface area contributed by atoms with Crippen LogP contribution in [0.2, 0.25) is 0 Å². The van der Waals surface area contributed by atoms with Gasteiger partial charge in [0.25, 0.3) is 0 Å². The summed E-state index contributed by atoms with van der Waals surface area (Å²) in [6.07, 6.45) is 4.18. The lowest BCUT2D eigenvalue weighted by molar-refractivity contribution is 0.426. The maximum atomic E-state index is 13.2. The van der Waals surface area contributed by atoms with Gasteiger partial charge < -0.3 is 5.32 Å². The molecular weight excluding hydrogens is 253 g/mol. The number of aryl methyl sites for hydroxylation is 1. The van der Waals surface area contributed by atoms with Gasteiger partial charge in [0.1, 0.15) is 5.82 Å². The number of benzene rings is 1. The number of halogens is 1. The highest BCUT2D eigenvalue weighted by atomic mass is 19.1. The molecular formula is C16H22FN3. The fraction of sp³-hybridized carbons (Fsp3) is 0.438. The number of hydrogen-bond donors (Lipinski definition) is 1. The molecule has 1 heterocycles. The van der Waals surface area contributed by atoms with Crippen LogP contribution in [0, 0.1) is 12.7 Å². The van der Waals surface area contributed by atoms with Gasteiger partial charge in [-0.2, -0.15) is 5.10 Å². The Morgan fingerprint density at radius 1 is 1.25 bits per heavy atom. The molecule has 3 nitrogen and oxygen atoms in total. The minimum atomic E-state index is -0.222. The van der Waals surface area contributed by atoms with E-state index in [2.05, 4.69) is 24.3 Å². The molecule has 1 aromatic heterocycles. The van der Waals surface area contributed by atoms with Crippen LogP contribution in [0.5, 0.6) is 0 Å². The average molecular weight is 275 g/mol. The average Bonchev–Trinajstić information content (AvgIpc) is 2.90. The molecule has 0 aliphatic carbocycles. The zero-order valence-corrected chi connectivity index (χ0v) is 12.4. The van der Waals surface area contributed by atoms with Crippen LogP contribution < -0.4 is 5.32 Å². The van der Waals surface area contributed by atoms with Crippen LogP contribution >= 0.6 is 0 Å². The van der Waals surface area contributed by atoms with E-state index in [0.717, 1.165) is 29.8 Å². The lowest BCUT2D eigenvalue weighted by Crippen LogP contribution is -2.09. The Hall–Kier alpha value is -1.84. The van der Waals surface area contributed by atoms with Crippen LogP contribution in [0.15, 0.2) is 30.5 Å². The number of nitrogens with zero attached hydrogens (tertiary/aromatic N) is 2. The molecule has 0 saturated carbocycles. The minimum absolute atomic E-state index is 0.222. The van der Waals surface area contributed by atoms with Gasteiger partial charge in [-0.05, 0) is 43.5 Å². The zero-order chi connectivity index (χ0) is 14.5. The third-order valence-electron chi connectivity index (χ3n) is 3.64. The van der Waals surface area contributed by atoms with Gasteiger partial charge in [-0.1, -0.05) is 19.9 Å². The fourth-order valence-electron chi connectivity index (χ4n) is 2.31. The SMILES string of the molecule is CCC(CC)n1ccc(CNc2cc(F)ccc2C)n1. The van der Waals surface area contributed by atoms with E-state index in [1.807, 2.05) is 23.9 Å². The predicted octanol–water partition coefficient (Wildman–Crippen LogP) is 4.30. The molecule has 0 fully saturated rings. The second-order valence-corrected chi connectivity index (χ2v) is 5.07. The summed E-state index contributed by atoms with van der Waals surface area (Å²) < 4.78 is 15.2. The van der Waals surface area contributed by atoms with Crippen LogP contribution in [0.4, 0.5) is 10.1 Å². The van der Waals surface area contributed by atoms with E-state index in [-0.39, 0.29) is 5.82 Å². The third-order valence-corrected chi connectivity index (χ3v) is 3.64. The number of anilines is 1. The summed E-state index contributed by atoms with van der Waals surface area (Å²) in [5, 5.41) is 7.82. The molecule has 0 bridgehead atoms. The summed E-state index contributed by atoms with van der Waals surface area (Å²) in [6, 6.07) is 7.25. The first-order valence-corrected chi connectivity index (χ1v) is 7.18. The van der Waals surface area contributed by atoms with Crippen molar-refractivity contribution in [2.45, 2.75) is 46.2 Å². The maximum absolute atomic E-state index is 13.2. The minimum Gasteiger partial charge on any atom is -0.379 e. The molecule has 108 valence electrons. The molecule has 20 heavy (non-hydrogen) atoms. The van der Waals surface area contributed by atoms with Crippen molar-refractivity contribution in [3.63, 3.8) is 0 Å². The lowest BCUT2D eigenvalue weighted by atomic mass is 10.2. The van der Waals surface area contributed by atoms with Crippen molar-refractivity contribution in [2.75, 3.05) is 5.32 Å². The molecule has 0 radical (unpaired) electrons. The van der Waals surface area contributed by atoms with E-state index in [1.165, 1.54) is 12.1 Å². The molecule has 0 saturated heterocycles. The topological polar surface area (TPSA) is 29.9 Å².